The molecule has 0 radical (unpaired) electrons. The van der Waals surface area contributed by atoms with Crippen LogP contribution < -0.4 is 63.4 Å². The Morgan fingerprint density at radius 3 is 0.875 bits per heavy atom. The summed E-state index contributed by atoms with van der Waals surface area (Å²) in [4.78, 5) is 0. The number of halogens is 1. The van der Waals surface area contributed by atoms with Crippen LogP contribution in [0.25, 0.3) is 0 Å². The average molecular weight is 248 g/mol. The summed E-state index contributed by atoms with van der Waals surface area (Å²) in [5, 5.41) is 12.0. The molecular formula is H2INaO6. The standard InChI is InChI=1S/IO4.Na.H2O2/c2-1(3,4)5;;1-2/h;;1-2H/q-1;+1;. The molecule has 0 amide bonds. The van der Waals surface area contributed by atoms with Crippen LogP contribution in [0.1, 0.15) is 0 Å². The molecule has 0 bridgehead atoms. The van der Waals surface area contributed by atoms with Gasteiger partial charge in [-0.2, -0.15) is 0 Å². The minimum Gasteiger partial charge on any atom is -0.286 e. The Balaban J connectivity index is -0.0000000750. The van der Waals surface area contributed by atoms with E-state index in [4.69, 9.17) is 24.3 Å². The predicted molar refractivity (Wildman–Crippen MR) is 5.26 cm³/mol. The molecule has 0 aromatic rings. The zero-order valence-corrected chi connectivity index (χ0v) is 8.06. The zero-order valence-electron chi connectivity index (χ0n) is 3.91. The minimum absolute atomic E-state index is 0. The van der Waals surface area contributed by atoms with Crippen LogP contribution >= 0.6 is 0 Å². The third-order valence-electron chi connectivity index (χ3n) is 0. The van der Waals surface area contributed by atoms with E-state index < -0.39 is 20.1 Å². The quantitative estimate of drug-likeness (QED) is 0.189. The Morgan fingerprint density at radius 1 is 0.875 bits per heavy atom. The van der Waals surface area contributed by atoms with Crippen molar-refractivity contribution in [3.8, 4) is 0 Å². The summed E-state index contributed by atoms with van der Waals surface area (Å²) in [5.74, 6) is 0. The van der Waals surface area contributed by atoms with Crippen LogP contribution in [0, 0.1) is 0 Å². The van der Waals surface area contributed by atoms with E-state index in [9.17, 15) is 0 Å². The summed E-state index contributed by atoms with van der Waals surface area (Å²) in [5.41, 5.74) is 0. The molecule has 6 nitrogen and oxygen atoms in total. The first kappa shape index (κ1) is 16.2. The first-order valence-electron chi connectivity index (χ1n) is 0.817. The SMILES string of the molecule is OO.[Na+].[O-][I+3]([O-])([O-])[O-]. The average Bonchev–Trinajstić information content (AvgIpc) is 1.36. The Labute approximate surface area is 73.3 Å². The van der Waals surface area contributed by atoms with Crippen LogP contribution in [0.2, 0.25) is 0 Å². The van der Waals surface area contributed by atoms with Crippen molar-refractivity contribution < 1.29 is 73.9 Å². The molecule has 0 rings (SSSR count). The Morgan fingerprint density at radius 2 is 0.875 bits per heavy atom. The van der Waals surface area contributed by atoms with Crippen molar-refractivity contribution in [1.82, 2.24) is 0 Å². The van der Waals surface area contributed by atoms with Gasteiger partial charge >= 0.3 is 29.6 Å². The second kappa shape index (κ2) is 8.49. The second-order valence-electron chi connectivity index (χ2n) is 0.378. The second-order valence-corrected chi connectivity index (χ2v) is 2.54. The molecule has 0 saturated heterocycles. The maximum Gasteiger partial charge on any atom is 1.00 e. The van der Waals surface area contributed by atoms with Gasteiger partial charge in [0.15, 0.2) is 0 Å². The molecule has 0 spiro atoms. The maximum atomic E-state index is 8.62. The van der Waals surface area contributed by atoms with Gasteiger partial charge in [0.1, 0.15) is 20.1 Å². The van der Waals surface area contributed by atoms with Crippen LogP contribution in [0.3, 0.4) is 0 Å². The fourth-order valence-corrected chi connectivity index (χ4v) is 0. The van der Waals surface area contributed by atoms with Crippen molar-refractivity contribution in [3.63, 3.8) is 0 Å². The van der Waals surface area contributed by atoms with Crippen LogP contribution in [-0.2, 0) is 0 Å². The van der Waals surface area contributed by atoms with Gasteiger partial charge in [0.2, 0.25) is 0 Å². The maximum absolute atomic E-state index is 8.62. The van der Waals surface area contributed by atoms with E-state index in [0.29, 0.717) is 0 Å². The molecule has 0 aromatic heterocycles. The molecule has 0 fully saturated rings. The van der Waals surface area contributed by atoms with Gasteiger partial charge in [-0.15, -0.1) is 0 Å². The number of hydrogen-bond acceptors (Lipinski definition) is 6. The third-order valence-corrected chi connectivity index (χ3v) is 0. The van der Waals surface area contributed by atoms with Crippen molar-refractivity contribution in [2.75, 3.05) is 0 Å². The van der Waals surface area contributed by atoms with Gasteiger partial charge in [-0.1, -0.05) is 0 Å². The van der Waals surface area contributed by atoms with E-state index in [2.05, 4.69) is 0 Å². The van der Waals surface area contributed by atoms with Gasteiger partial charge in [-0.05, 0) is 0 Å². The molecule has 0 saturated carbocycles. The minimum atomic E-state index is -5.94. The fraction of sp³-hybridized carbons (Fsp3) is 0. The van der Waals surface area contributed by atoms with E-state index in [0.717, 1.165) is 0 Å². The molecule has 8 heteroatoms. The van der Waals surface area contributed by atoms with Gasteiger partial charge in [-0.25, -0.2) is 0 Å². The van der Waals surface area contributed by atoms with Gasteiger partial charge in [0.05, 0.1) is 0 Å². The van der Waals surface area contributed by atoms with Crippen molar-refractivity contribution in [3.05, 3.63) is 0 Å². The molecule has 8 heavy (non-hydrogen) atoms. The molecular weight excluding hydrogens is 246 g/mol. The first-order valence-corrected chi connectivity index (χ1v) is 4.34. The predicted octanol–water partition coefficient (Wildman–Crippen LogP) is -10.7. The fourth-order valence-electron chi connectivity index (χ4n) is 0. The van der Waals surface area contributed by atoms with Crippen molar-refractivity contribution >= 4 is 0 Å². The Bertz CT molecular complexity index is 24.0. The van der Waals surface area contributed by atoms with Crippen molar-refractivity contribution in [2.45, 2.75) is 0 Å². The molecule has 2 N–H and O–H groups in total. The molecule has 0 aromatic carbocycles. The smallest absolute Gasteiger partial charge is 0.286 e. The Hall–Kier alpha value is 1.49. The normalized spacial score (nSPS) is 8.25. The van der Waals surface area contributed by atoms with Crippen LogP contribution in [-0.4, -0.2) is 10.5 Å². The summed E-state index contributed by atoms with van der Waals surface area (Å²) < 4.78 is 34.5. The van der Waals surface area contributed by atoms with E-state index >= 15 is 0 Å². The molecule has 0 aliphatic heterocycles. The molecule has 0 heterocycles. The monoisotopic (exact) mass is 248 g/mol. The summed E-state index contributed by atoms with van der Waals surface area (Å²) in [6, 6.07) is 0. The summed E-state index contributed by atoms with van der Waals surface area (Å²) in [7, 11) is 0. The number of rotatable bonds is 0. The topological polar surface area (TPSA) is 133 Å². The van der Waals surface area contributed by atoms with Gasteiger partial charge < -0.3 is 0 Å². The van der Waals surface area contributed by atoms with Gasteiger partial charge in [-0.3, -0.25) is 24.3 Å². The van der Waals surface area contributed by atoms with Crippen molar-refractivity contribution in [2.24, 2.45) is 0 Å². The van der Waals surface area contributed by atoms with E-state index in [-0.39, 0.29) is 29.6 Å². The summed E-state index contributed by atoms with van der Waals surface area (Å²) in [6.07, 6.45) is 0. The number of hydrogen-bond donors (Lipinski definition) is 2. The van der Waals surface area contributed by atoms with Crippen molar-refractivity contribution in [1.29, 1.82) is 0 Å². The zero-order chi connectivity index (χ0) is 6.50. The van der Waals surface area contributed by atoms with Crippen LogP contribution in [0.5, 0.6) is 0 Å². The third kappa shape index (κ3) is 142. The largest absolute Gasteiger partial charge is 1.00 e. The van der Waals surface area contributed by atoms with E-state index in [1.165, 1.54) is 0 Å². The van der Waals surface area contributed by atoms with Gasteiger partial charge in [0.25, 0.3) is 0 Å². The van der Waals surface area contributed by atoms with E-state index in [1.54, 1.807) is 0 Å². The first-order chi connectivity index (χ1) is 3.00. The van der Waals surface area contributed by atoms with Crippen LogP contribution in [0.15, 0.2) is 0 Å². The molecule has 0 atom stereocenters. The summed E-state index contributed by atoms with van der Waals surface area (Å²) in [6.45, 7) is 0. The van der Waals surface area contributed by atoms with Gasteiger partial charge in [0, 0.05) is 0 Å². The summed E-state index contributed by atoms with van der Waals surface area (Å²) >= 11 is -5.94. The van der Waals surface area contributed by atoms with Crippen LogP contribution in [0.4, 0.5) is 0 Å². The molecule has 46 valence electrons. The molecule has 0 aliphatic carbocycles. The molecule has 0 unspecified atom stereocenters. The Kier molecular flexibility index (Phi) is 17.2. The van der Waals surface area contributed by atoms with E-state index in [1.807, 2.05) is 0 Å². The molecule has 0 aliphatic rings.